The highest BCUT2D eigenvalue weighted by Gasteiger charge is 2.32. The van der Waals surface area contributed by atoms with Crippen molar-refractivity contribution < 1.29 is 26.7 Å². The van der Waals surface area contributed by atoms with Crippen LogP contribution >= 0.6 is 0 Å². The van der Waals surface area contributed by atoms with Crippen LogP contribution in [0, 0.1) is 17.2 Å². The van der Waals surface area contributed by atoms with Crippen LogP contribution in [0.5, 0.6) is 5.75 Å². The Morgan fingerprint density at radius 2 is 1.81 bits per heavy atom. The third-order valence-electron chi connectivity index (χ3n) is 5.09. The molecule has 0 atom stereocenters. The standard InChI is InChI=1S/C21H21F2N3O4S/c22-21(23)30-19-4-2-1-3-17(19)14-25-20(27)16-9-11-26(12-10-16)31(28,29)18-7-5-15(13-24)6-8-18/h1-8,16,21H,9-12,14H2,(H,25,27). The molecule has 7 nitrogen and oxygen atoms in total. The number of halogens is 2. The summed E-state index contributed by atoms with van der Waals surface area (Å²) in [5.74, 6) is -0.640. The number of benzene rings is 2. The number of ether oxygens (including phenoxy) is 1. The van der Waals surface area contributed by atoms with Gasteiger partial charge >= 0.3 is 6.61 Å². The summed E-state index contributed by atoms with van der Waals surface area (Å²) in [7, 11) is -3.70. The summed E-state index contributed by atoms with van der Waals surface area (Å²) >= 11 is 0. The van der Waals surface area contributed by atoms with Crippen LogP contribution in [-0.2, 0) is 21.4 Å². The van der Waals surface area contributed by atoms with Gasteiger partial charge in [-0.1, -0.05) is 18.2 Å². The van der Waals surface area contributed by atoms with Crippen molar-refractivity contribution in [3.63, 3.8) is 0 Å². The van der Waals surface area contributed by atoms with Gasteiger partial charge in [0, 0.05) is 31.1 Å². The Kier molecular flexibility index (Phi) is 7.20. The van der Waals surface area contributed by atoms with E-state index in [4.69, 9.17) is 5.26 Å². The number of hydrogen-bond donors (Lipinski definition) is 1. The fourth-order valence-corrected chi connectivity index (χ4v) is 4.87. The number of carbonyl (C=O) groups is 1. The van der Waals surface area contributed by atoms with E-state index in [0.717, 1.165) is 0 Å². The minimum Gasteiger partial charge on any atom is -0.434 e. The molecule has 0 aromatic heterocycles. The molecule has 0 saturated carbocycles. The Bertz CT molecular complexity index is 1060. The number of alkyl halides is 2. The second-order valence-corrected chi connectivity index (χ2v) is 8.96. The number of carbonyl (C=O) groups excluding carboxylic acids is 1. The molecule has 10 heteroatoms. The molecule has 2 aromatic rings. The lowest BCUT2D eigenvalue weighted by molar-refractivity contribution is -0.126. The zero-order chi connectivity index (χ0) is 22.4. The van der Waals surface area contributed by atoms with Gasteiger partial charge in [-0.05, 0) is 43.2 Å². The van der Waals surface area contributed by atoms with Gasteiger partial charge in [0.2, 0.25) is 15.9 Å². The molecule has 0 spiro atoms. The lowest BCUT2D eigenvalue weighted by atomic mass is 9.97. The van der Waals surface area contributed by atoms with Crippen LogP contribution in [0.2, 0.25) is 0 Å². The number of nitriles is 1. The Morgan fingerprint density at radius 3 is 2.42 bits per heavy atom. The van der Waals surface area contributed by atoms with Crippen molar-refractivity contribution in [2.24, 2.45) is 5.92 Å². The van der Waals surface area contributed by atoms with Gasteiger partial charge in [0.25, 0.3) is 0 Å². The highest BCUT2D eigenvalue weighted by molar-refractivity contribution is 7.89. The molecule has 1 amide bonds. The molecule has 0 aliphatic carbocycles. The monoisotopic (exact) mass is 449 g/mol. The van der Waals surface area contributed by atoms with Crippen molar-refractivity contribution in [3.8, 4) is 11.8 Å². The quantitative estimate of drug-likeness (QED) is 0.701. The highest BCUT2D eigenvalue weighted by Crippen LogP contribution is 2.25. The maximum atomic E-state index is 12.8. The summed E-state index contributed by atoms with van der Waals surface area (Å²) in [6, 6.07) is 13.8. The molecule has 1 aliphatic heterocycles. The van der Waals surface area contributed by atoms with Gasteiger partial charge in [-0.25, -0.2) is 8.42 Å². The molecule has 0 bridgehead atoms. The summed E-state index contributed by atoms with van der Waals surface area (Å²) in [5.41, 5.74) is 0.798. The number of sulfonamides is 1. The third kappa shape index (κ3) is 5.57. The van der Waals surface area contributed by atoms with Gasteiger partial charge < -0.3 is 10.1 Å². The minimum atomic E-state index is -3.70. The molecule has 2 aromatic carbocycles. The van der Waals surface area contributed by atoms with Crippen LogP contribution in [0.3, 0.4) is 0 Å². The van der Waals surface area contributed by atoms with E-state index in [1.807, 2.05) is 6.07 Å². The molecule has 3 rings (SSSR count). The van der Waals surface area contributed by atoms with Crippen LogP contribution in [0.4, 0.5) is 8.78 Å². The molecular formula is C21H21F2N3O4S. The number of piperidine rings is 1. The molecular weight excluding hydrogens is 428 g/mol. The summed E-state index contributed by atoms with van der Waals surface area (Å²) in [6.45, 7) is -2.55. The van der Waals surface area contributed by atoms with Gasteiger partial charge in [-0.3, -0.25) is 4.79 Å². The average Bonchev–Trinajstić information content (AvgIpc) is 2.78. The lowest BCUT2D eigenvalue weighted by Crippen LogP contribution is -2.42. The van der Waals surface area contributed by atoms with Gasteiger partial charge in [0.05, 0.1) is 16.5 Å². The molecule has 1 fully saturated rings. The third-order valence-corrected chi connectivity index (χ3v) is 7.00. The smallest absolute Gasteiger partial charge is 0.387 e. The molecule has 164 valence electrons. The average molecular weight is 449 g/mol. The minimum absolute atomic E-state index is 0.00105. The molecule has 1 aliphatic rings. The summed E-state index contributed by atoms with van der Waals surface area (Å²) < 4.78 is 56.3. The SMILES string of the molecule is N#Cc1ccc(S(=O)(=O)N2CCC(C(=O)NCc3ccccc3OC(F)F)CC2)cc1. The molecule has 31 heavy (non-hydrogen) atoms. The van der Waals surface area contributed by atoms with Crippen molar-refractivity contribution >= 4 is 15.9 Å². The van der Waals surface area contributed by atoms with Crippen LogP contribution in [0.1, 0.15) is 24.0 Å². The zero-order valence-electron chi connectivity index (χ0n) is 16.5. The lowest BCUT2D eigenvalue weighted by Gasteiger charge is -2.30. The number of hydrogen-bond acceptors (Lipinski definition) is 5. The van der Waals surface area contributed by atoms with Gasteiger partial charge in [-0.2, -0.15) is 18.3 Å². The van der Waals surface area contributed by atoms with E-state index in [0.29, 0.717) is 24.0 Å². The summed E-state index contributed by atoms with van der Waals surface area (Å²) in [5, 5.41) is 11.6. The predicted molar refractivity (Wildman–Crippen MR) is 108 cm³/mol. The van der Waals surface area contributed by atoms with Crippen molar-refractivity contribution in [1.29, 1.82) is 5.26 Å². The largest absolute Gasteiger partial charge is 0.434 e. The Hall–Kier alpha value is -3.03. The summed E-state index contributed by atoms with van der Waals surface area (Å²) in [4.78, 5) is 12.6. The fourth-order valence-electron chi connectivity index (χ4n) is 3.40. The molecule has 1 saturated heterocycles. The number of amides is 1. The topological polar surface area (TPSA) is 99.5 Å². The van der Waals surface area contributed by atoms with Crippen molar-refractivity contribution in [3.05, 3.63) is 59.7 Å². The zero-order valence-corrected chi connectivity index (χ0v) is 17.3. The van der Waals surface area contributed by atoms with Crippen molar-refractivity contribution in [2.45, 2.75) is 30.9 Å². The first-order chi connectivity index (χ1) is 14.8. The molecule has 1 N–H and O–H groups in total. The Balaban J connectivity index is 1.56. The second kappa shape index (κ2) is 9.85. The molecule has 1 heterocycles. The Morgan fingerprint density at radius 1 is 1.16 bits per heavy atom. The molecule has 0 radical (unpaired) electrons. The van der Waals surface area contributed by atoms with E-state index in [-0.39, 0.29) is 42.1 Å². The molecule has 0 unspecified atom stereocenters. The van der Waals surface area contributed by atoms with E-state index in [2.05, 4.69) is 10.1 Å². The van der Waals surface area contributed by atoms with E-state index in [1.165, 1.54) is 34.6 Å². The van der Waals surface area contributed by atoms with Crippen molar-refractivity contribution in [2.75, 3.05) is 13.1 Å². The first kappa shape index (κ1) is 22.7. The van der Waals surface area contributed by atoms with Gasteiger partial charge in [-0.15, -0.1) is 0 Å². The highest BCUT2D eigenvalue weighted by atomic mass is 32.2. The first-order valence-electron chi connectivity index (χ1n) is 9.62. The van der Waals surface area contributed by atoms with Crippen LogP contribution in [-0.4, -0.2) is 38.3 Å². The van der Waals surface area contributed by atoms with E-state index in [1.54, 1.807) is 18.2 Å². The first-order valence-corrected chi connectivity index (χ1v) is 11.1. The predicted octanol–water partition coefficient (Wildman–Crippen LogP) is 2.88. The normalized spacial score (nSPS) is 15.4. The number of nitrogens with zero attached hydrogens (tertiary/aromatic N) is 2. The second-order valence-electron chi connectivity index (χ2n) is 7.02. The summed E-state index contributed by atoms with van der Waals surface area (Å²) in [6.07, 6.45) is 0.688. The fraction of sp³-hybridized carbons (Fsp3) is 0.333. The van der Waals surface area contributed by atoms with Gasteiger partial charge in [0.1, 0.15) is 5.75 Å². The number of rotatable bonds is 7. The van der Waals surface area contributed by atoms with Gasteiger partial charge in [0.15, 0.2) is 0 Å². The van der Waals surface area contributed by atoms with E-state index < -0.39 is 16.6 Å². The number of nitrogens with one attached hydrogen (secondary N) is 1. The number of para-hydroxylation sites is 1. The van der Waals surface area contributed by atoms with E-state index in [9.17, 15) is 22.0 Å². The Labute approximate surface area is 179 Å². The van der Waals surface area contributed by atoms with Crippen LogP contribution < -0.4 is 10.1 Å². The maximum Gasteiger partial charge on any atom is 0.387 e. The van der Waals surface area contributed by atoms with E-state index >= 15 is 0 Å². The van der Waals surface area contributed by atoms with Crippen molar-refractivity contribution in [1.82, 2.24) is 9.62 Å². The van der Waals surface area contributed by atoms with Crippen LogP contribution in [0.25, 0.3) is 0 Å². The van der Waals surface area contributed by atoms with Crippen LogP contribution in [0.15, 0.2) is 53.4 Å². The maximum absolute atomic E-state index is 12.8.